The second-order valence-electron chi connectivity index (χ2n) is 6.43. The summed E-state index contributed by atoms with van der Waals surface area (Å²) >= 11 is 6.09. The van der Waals surface area contributed by atoms with Crippen LogP contribution < -0.4 is 10.6 Å². The number of anilines is 2. The first-order valence-electron chi connectivity index (χ1n) is 8.15. The molecule has 0 saturated heterocycles. The number of halogens is 1. The maximum absolute atomic E-state index is 13.0. The maximum atomic E-state index is 13.0. The van der Waals surface area contributed by atoms with Crippen LogP contribution >= 0.6 is 11.6 Å². The number of nitrogens with one attached hydrogen (secondary N) is 2. The van der Waals surface area contributed by atoms with Crippen molar-refractivity contribution in [2.45, 2.75) is 11.8 Å². The second-order valence-corrected chi connectivity index (χ2v) is 6.86. The van der Waals surface area contributed by atoms with Crippen LogP contribution in [0.1, 0.15) is 17.5 Å². The Bertz CT molecular complexity index is 1090. The van der Waals surface area contributed by atoms with Crippen LogP contribution in [0.4, 0.5) is 11.5 Å². The van der Waals surface area contributed by atoms with Gasteiger partial charge in [0.1, 0.15) is 11.2 Å². The highest BCUT2D eigenvalue weighted by Crippen LogP contribution is 2.49. The summed E-state index contributed by atoms with van der Waals surface area (Å²) in [6.45, 7) is 0. The molecule has 3 heterocycles. The van der Waals surface area contributed by atoms with Crippen molar-refractivity contribution >= 4 is 34.9 Å². The van der Waals surface area contributed by atoms with E-state index in [9.17, 15) is 9.59 Å². The Morgan fingerprint density at radius 3 is 2.73 bits per heavy atom. The molecule has 2 aliphatic heterocycles. The third-order valence-corrected chi connectivity index (χ3v) is 5.22. The highest BCUT2D eigenvalue weighted by atomic mass is 35.5. The fourth-order valence-electron chi connectivity index (χ4n) is 3.86. The van der Waals surface area contributed by atoms with Gasteiger partial charge in [-0.05, 0) is 29.8 Å². The Labute approximate surface area is 153 Å². The van der Waals surface area contributed by atoms with Crippen molar-refractivity contribution in [1.82, 2.24) is 9.78 Å². The molecule has 2 aromatic carbocycles. The average molecular weight is 365 g/mol. The number of para-hydroxylation sites is 1. The number of carbonyl (C=O) groups excluding carboxylic acids is 2. The lowest BCUT2D eigenvalue weighted by molar-refractivity contribution is -0.125. The van der Waals surface area contributed by atoms with Crippen molar-refractivity contribution in [3.8, 4) is 5.69 Å². The van der Waals surface area contributed by atoms with Gasteiger partial charge in [0.15, 0.2) is 0 Å². The number of benzene rings is 2. The van der Waals surface area contributed by atoms with E-state index >= 15 is 0 Å². The standard InChI is InChI=1S/C19H13ClN4O2/c20-11-4-3-5-12(8-11)24-17-14(10-21-24)19(9-16(25)23-17)13-6-1-2-7-15(13)22-18(19)26/h1-8,10H,9H2,(H,22,26)(H,23,25). The Morgan fingerprint density at radius 2 is 1.88 bits per heavy atom. The van der Waals surface area contributed by atoms with Crippen molar-refractivity contribution in [2.75, 3.05) is 10.6 Å². The molecule has 2 aliphatic rings. The molecule has 0 fully saturated rings. The molecule has 0 saturated carbocycles. The SMILES string of the molecule is O=C1CC2(C(=O)Nc3ccccc32)c2cnn(-c3cccc(Cl)c3)c2N1. The Balaban J connectivity index is 1.77. The fraction of sp³-hybridized carbons (Fsp3) is 0.105. The minimum absolute atomic E-state index is 0.0457. The van der Waals surface area contributed by atoms with Gasteiger partial charge >= 0.3 is 0 Å². The van der Waals surface area contributed by atoms with Gasteiger partial charge < -0.3 is 10.6 Å². The fourth-order valence-corrected chi connectivity index (χ4v) is 4.04. The van der Waals surface area contributed by atoms with E-state index in [1.165, 1.54) is 0 Å². The van der Waals surface area contributed by atoms with Gasteiger partial charge in [-0.25, -0.2) is 4.68 Å². The van der Waals surface area contributed by atoms with Crippen molar-refractivity contribution < 1.29 is 9.59 Å². The highest BCUT2D eigenvalue weighted by molar-refractivity contribution is 6.30. The zero-order chi connectivity index (χ0) is 17.9. The highest BCUT2D eigenvalue weighted by Gasteiger charge is 2.54. The summed E-state index contributed by atoms with van der Waals surface area (Å²) in [5, 5.41) is 10.8. The molecule has 7 heteroatoms. The average Bonchev–Trinajstić information content (AvgIpc) is 3.16. The zero-order valence-corrected chi connectivity index (χ0v) is 14.2. The molecule has 2 amide bonds. The number of fused-ring (bicyclic) bond motifs is 4. The molecule has 1 aromatic heterocycles. The van der Waals surface area contributed by atoms with Crippen LogP contribution in [0, 0.1) is 0 Å². The first-order chi connectivity index (χ1) is 12.6. The van der Waals surface area contributed by atoms with Crippen LogP contribution in [0.3, 0.4) is 0 Å². The molecule has 5 rings (SSSR count). The Morgan fingerprint density at radius 1 is 1.04 bits per heavy atom. The van der Waals surface area contributed by atoms with E-state index < -0.39 is 5.41 Å². The molecule has 2 N–H and O–H groups in total. The van der Waals surface area contributed by atoms with Crippen LogP contribution in [0.25, 0.3) is 5.69 Å². The van der Waals surface area contributed by atoms with Crippen LogP contribution in [-0.4, -0.2) is 21.6 Å². The summed E-state index contributed by atoms with van der Waals surface area (Å²) in [5.41, 5.74) is 1.85. The minimum atomic E-state index is -1.06. The third kappa shape index (κ3) is 1.90. The van der Waals surface area contributed by atoms with Crippen LogP contribution in [0.15, 0.2) is 54.7 Å². The van der Waals surface area contributed by atoms with E-state index in [4.69, 9.17) is 11.6 Å². The number of nitrogens with zero attached hydrogens (tertiary/aromatic N) is 2. The minimum Gasteiger partial charge on any atom is -0.325 e. The van der Waals surface area contributed by atoms with E-state index in [1.54, 1.807) is 23.0 Å². The molecule has 6 nitrogen and oxygen atoms in total. The van der Waals surface area contributed by atoms with Crippen LogP contribution in [0.2, 0.25) is 5.02 Å². The summed E-state index contributed by atoms with van der Waals surface area (Å²) in [5.74, 6) is 0.0592. The molecule has 1 spiro atoms. The largest absolute Gasteiger partial charge is 0.325 e. The summed E-state index contributed by atoms with van der Waals surface area (Å²) < 4.78 is 1.61. The number of hydrogen-bond acceptors (Lipinski definition) is 3. The molecule has 128 valence electrons. The summed E-state index contributed by atoms with van der Waals surface area (Å²) in [6, 6.07) is 14.6. The van der Waals surface area contributed by atoms with E-state index in [1.807, 2.05) is 36.4 Å². The smallest absolute Gasteiger partial charge is 0.240 e. The monoisotopic (exact) mass is 364 g/mol. The van der Waals surface area contributed by atoms with Gasteiger partial charge in [0, 0.05) is 22.7 Å². The molecule has 1 atom stereocenters. The molecule has 0 bridgehead atoms. The lowest BCUT2D eigenvalue weighted by Crippen LogP contribution is -2.43. The topological polar surface area (TPSA) is 76.0 Å². The van der Waals surface area contributed by atoms with E-state index in [0.29, 0.717) is 22.1 Å². The predicted molar refractivity (Wildman–Crippen MR) is 97.7 cm³/mol. The third-order valence-electron chi connectivity index (χ3n) is 4.99. The van der Waals surface area contributed by atoms with Crippen molar-refractivity contribution in [2.24, 2.45) is 0 Å². The number of carbonyl (C=O) groups is 2. The summed E-state index contributed by atoms with van der Waals surface area (Å²) in [7, 11) is 0. The predicted octanol–water partition coefficient (Wildman–Crippen LogP) is 3.11. The van der Waals surface area contributed by atoms with Gasteiger partial charge in [0.05, 0.1) is 11.9 Å². The number of hydrogen-bond donors (Lipinski definition) is 2. The summed E-state index contributed by atoms with van der Waals surface area (Å²) in [6.07, 6.45) is 1.70. The van der Waals surface area contributed by atoms with Gasteiger partial charge in [0.25, 0.3) is 0 Å². The molecule has 0 radical (unpaired) electrons. The molecule has 26 heavy (non-hydrogen) atoms. The molecular weight excluding hydrogens is 352 g/mol. The zero-order valence-electron chi connectivity index (χ0n) is 13.5. The van der Waals surface area contributed by atoms with E-state index in [-0.39, 0.29) is 18.2 Å². The van der Waals surface area contributed by atoms with Gasteiger partial charge in [-0.1, -0.05) is 35.9 Å². The lowest BCUT2D eigenvalue weighted by atomic mass is 9.72. The van der Waals surface area contributed by atoms with E-state index in [2.05, 4.69) is 15.7 Å². The van der Waals surface area contributed by atoms with Crippen molar-refractivity contribution in [1.29, 1.82) is 0 Å². The number of rotatable bonds is 1. The molecule has 1 unspecified atom stereocenters. The summed E-state index contributed by atoms with van der Waals surface area (Å²) in [4.78, 5) is 25.5. The molecule has 3 aromatic rings. The normalized spacial score (nSPS) is 20.5. The molecule has 0 aliphatic carbocycles. The van der Waals surface area contributed by atoms with Gasteiger partial charge in [0.2, 0.25) is 11.8 Å². The second kappa shape index (κ2) is 5.19. The van der Waals surface area contributed by atoms with Crippen molar-refractivity contribution in [3.63, 3.8) is 0 Å². The maximum Gasteiger partial charge on any atom is 0.240 e. The first kappa shape index (κ1) is 15.2. The Kier molecular flexibility index (Phi) is 3.02. The van der Waals surface area contributed by atoms with Gasteiger partial charge in [-0.3, -0.25) is 9.59 Å². The van der Waals surface area contributed by atoms with Crippen LogP contribution in [-0.2, 0) is 15.0 Å². The number of amides is 2. The number of aromatic nitrogens is 2. The first-order valence-corrected chi connectivity index (χ1v) is 8.53. The lowest BCUT2D eigenvalue weighted by Gasteiger charge is -2.31. The van der Waals surface area contributed by atoms with E-state index in [0.717, 1.165) is 11.3 Å². The van der Waals surface area contributed by atoms with Gasteiger partial charge in [-0.2, -0.15) is 5.10 Å². The van der Waals surface area contributed by atoms with Crippen LogP contribution in [0.5, 0.6) is 0 Å². The Hall–Kier alpha value is -3.12. The van der Waals surface area contributed by atoms with Gasteiger partial charge in [-0.15, -0.1) is 0 Å². The van der Waals surface area contributed by atoms with Crippen molar-refractivity contribution in [3.05, 3.63) is 70.9 Å². The quantitative estimate of drug-likeness (QED) is 0.696. The molecular formula is C19H13ClN4O2.